The Hall–Kier alpha value is -3.52. The Morgan fingerprint density at radius 2 is 1.35 bits per heavy atom. The van der Waals surface area contributed by atoms with Gasteiger partial charge in [0.25, 0.3) is 0 Å². The third-order valence-corrected chi connectivity index (χ3v) is 12.9. The van der Waals surface area contributed by atoms with Gasteiger partial charge in [0.15, 0.2) is 12.1 Å². The number of morpholine rings is 1. The number of hydrogen-bond acceptors (Lipinski definition) is 19. The Labute approximate surface area is 417 Å². The highest BCUT2D eigenvalue weighted by Crippen LogP contribution is 2.38. The van der Waals surface area contributed by atoms with Crippen molar-refractivity contribution in [2.45, 2.75) is 163 Å². The van der Waals surface area contributed by atoms with Crippen LogP contribution in [0.2, 0.25) is 0 Å². The van der Waals surface area contributed by atoms with E-state index < -0.39 is 135 Å². The summed E-state index contributed by atoms with van der Waals surface area (Å²) in [4.78, 5) is 28.6. The predicted octanol–water partition coefficient (Wildman–Crippen LogP) is -0.559. The molecule has 0 saturated carbocycles. The molecule has 3 fully saturated rings. The van der Waals surface area contributed by atoms with Crippen LogP contribution in [0.15, 0.2) is 85.1 Å². The second kappa shape index (κ2) is 31.3. The van der Waals surface area contributed by atoms with E-state index in [1.165, 1.54) is 0 Å². The molecular formula is C51H81N3O17. The number of fused-ring (bicyclic) bond motifs is 2. The first kappa shape index (κ1) is 60.0. The quantitative estimate of drug-likeness (QED) is 0.148. The molecule has 20 nitrogen and oxygen atoms in total. The number of carbonyl (C=O) groups excluding carboxylic acids is 2. The minimum Gasteiger partial charge on any atom is -0.462 e. The van der Waals surface area contributed by atoms with Crippen molar-refractivity contribution in [2.24, 2.45) is 17.6 Å². The monoisotopic (exact) mass is 1010 g/mol. The summed E-state index contributed by atoms with van der Waals surface area (Å²) in [5.41, 5.74) is 6.04. The fourth-order valence-electron chi connectivity index (χ4n) is 8.79. The topological polar surface area (TPSA) is 324 Å². The molecule has 402 valence electrons. The van der Waals surface area contributed by atoms with Gasteiger partial charge < -0.3 is 85.8 Å². The predicted molar refractivity (Wildman–Crippen MR) is 260 cm³/mol. The lowest BCUT2D eigenvalue weighted by molar-refractivity contribution is -0.304. The van der Waals surface area contributed by atoms with E-state index >= 15 is 0 Å². The minimum atomic E-state index is -2.26. The summed E-state index contributed by atoms with van der Waals surface area (Å²) >= 11 is 0. The number of carbonyl (C=O) groups is 2. The summed E-state index contributed by atoms with van der Waals surface area (Å²) in [6, 6.07) is -1.11. The van der Waals surface area contributed by atoms with E-state index in [9.17, 15) is 60.7 Å². The highest BCUT2D eigenvalue weighted by Gasteiger charge is 2.50. The van der Waals surface area contributed by atoms with Gasteiger partial charge in [0.2, 0.25) is 5.91 Å². The van der Waals surface area contributed by atoms with Crippen LogP contribution >= 0.6 is 0 Å². The van der Waals surface area contributed by atoms with Gasteiger partial charge in [-0.3, -0.25) is 14.5 Å². The Morgan fingerprint density at radius 1 is 0.732 bits per heavy atom. The molecule has 7 unspecified atom stereocenters. The van der Waals surface area contributed by atoms with Crippen molar-refractivity contribution in [2.75, 3.05) is 46.0 Å². The molecule has 0 aliphatic carbocycles. The van der Waals surface area contributed by atoms with E-state index in [1.54, 1.807) is 55.5 Å². The van der Waals surface area contributed by atoms with Crippen LogP contribution in [-0.4, -0.2) is 205 Å². The van der Waals surface area contributed by atoms with Gasteiger partial charge >= 0.3 is 5.97 Å². The van der Waals surface area contributed by atoms with Gasteiger partial charge in [-0.1, -0.05) is 92.0 Å². The number of nitrogens with one attached hydrogen (secondary N) is 1. The lowest BCUT2D eigenvalue weighted by Gasteiger charge is -2.45. The number of ether oxygens (including phenoxy) is 5. The lowest BCUT2D eigenvalue weighted by atomic mass is 9.82. The van der Waals surface area contributed by atoms with Gasteiger partial charge in [-0.25, -0.2) is 0 Å². The number of nitrogens with zero attached hydrogens (tertiary/aromatic N) is 1. The maximum Gasteiger partial charge on any atom is 0.308 e. The van der Waals surface area contributed by atoms with Crippen molar-refractivity contribution in [1.82, 2.24) is 10.2 Å². The van der Waals surface area contributed by atoms with Crippen LogP contribution < -0.4 is 11.1 Å². The number of rotatable bonds is 6. The van der Waals surface area contributed by atoms with Gasteiger partial charge in [0, 0.05) is 64.2 Å². The number of nitrogens with two attached hydrogens (primary N) is 1. The first-order valence-corrected chi connectivity index (χ1v) is 24.8. The fourth-order valence-corrected chi connectivity index (χ4v) is 8.79. The average Bonchev–Trinajstić information content (AvgIpc) is 3.30. The average molecular weight is 1010 g/mol. The van der Waals surface area contributed by atoms with Crippen molar-refractivity contribution >= 4 is 11.9 Å². The molecule has 71 heavy (non-hydrogen) atoms. The van der Waals surface area contributed by atoms with Crippen LogP contribution in [0, 0.1) is 11.8 Å². The second-order valence-corrected chi connectivity index (χ2v) is 19.1. The number of esters is 1. The zero-order chi connectivity index (χ0) is 51.9. The van der Waals surface area contributed by atoms with Gasteiger partial charge in [0.1, 0.15) is 12.2 Å². The molecule has 4 rings (SSSR count). The molecule has 0 aromatic heterocycles. The number of aliphatic hydroxyl groups is 10. The normalized spacial score (nSPS) is 42.1. The van der Waals surface area contributed by atoms with Gasteiger partial charge in [-0.2, -0.15) is 0 Å². The summed E-state index contributed by atoms with van der Waals surface area (Å²) in [5.74, 6) is -5.07. The third kappa shape index (κ3) is 21.8. The van der Waals surface area contributed by atoms with Crippen LogP contribution in [0.4, 0.5) is 0 Å². The maximum absolute atomic E-state index is 13.9. The summed E-state index contributed by atoms with van der Waals surface area (Å²) in [5, 5.41) is 112. The number of allylic oxidation sites excluding steroid dienone is 12. The van der Waals surface area contributed by atoms with Crippen molar-refractivity contribution < 1.29 is 84.3 Å². The second-order valence-electron chi connectivity index (χ2n) is 19.1. The van der Waals surface area contributed by atoms with Crippen molar-refractivity contribution in [3.63, 3.8) is 0 Å². The third-order valence-electron chi connectivity index (χ3n) is 12.9. The molecule has 4 aliphatic heterocycles. The lowest BCUT2D eigenvalue weighted by Crippen LogP contribution is -2.59. The molecule has 0 radical (unpaired) electrons. The number of amides is 1. The van der Waals surface area contributed by atoms with Crippen LogP contribution in [0.3, 0.4) is 0 Å². The van der Waals surface area contributed by atoms with E-state index in [1.807, 2.05) is 43.4 Å². The zero-order valence-electron chi connectivity index (χ0n) is 41.0. The molecule has 13 N–H and O–H groups in total. The van der Waals surface area contributed by atoms with E-state index in [0.29, 0.717) is 32.8 Å². The molecule has 0 aromatic rings. The Morgan fingerprint density at radius 3 is 2.00 bits per heavy atom. The summed E-state index contributed by atoms with van der Waals surface area (Å²) in [7, 11) is 0. The molecule has 20 heteroatoms. The van der Waals surface area contributed by atoms with Crippen LogP contribution in [0.1, 0.15) is 71.6 Å². The smallest absolute Gasteiger partial charge is 0.308 e. The summed E-state index contributed by atoms with van der Waals surface area (Å²) < 4.78 is 28.9. The zero-order valence-corrected chi connectivity index (χ0v) is 41.0. The van der Waals surface area contributed by atoms with E-state index in [-0.39, 0.29) is 51.2 Å². The highest BCUT2D eigenvalue weighted by molar-refractivity contribution is 5.80. The van der Waals surface area contributed by atoms with Crippen LogP contribution in [-0.2, 0) is 33.3 Å². The first-order valence-electron chi connectivity index (χ1n) is 24.8. The van der Waals surface area contributed by atoms with E-state index in [2.05, 4.69) is 10.2 Å². The SMILES string of the molecule is C[C@H]1C[C@H](O)[C@@H](C)/C=C/C=C/C=C/C=C/C=C/C=C/C=C/C(O[C@@H]2OC[C@@H](O)[C@H](N)[C@@H]2O)C[C@@H]2OC(O)(CC(O)CC(O)C(O)CCC(O)CC(O)CC(=O)O1)C[C@H](O)[C@H]2C(=O)NCCN1CCOCC1. The largest absolute Gasteiger partial charge is 0.462 e. The molecule has 2 bridgehead atoms. The molecule has 17 atom stereocenters. The minimum absolute atomic E-state index is 0.0899. The molecule has 4 heterocycles. The van der Waals surface area contributed by atoms with Gasteiger partial charge in [0.05, 0.1) is 99.2 Å². The Kier molecular flexibility index (Phi) is 26.4. The molecule has 0 aromatic carbocycles. The molecule has 1 amide bonds. The number of hydrogen-bond donors (Lipinski definition) is 12. The highest BCUT2D eigenvalue weighted by atomic mass is 16.7. The molecule has 4 aliphatic rings. The summed E-state index contributed by atoms with van der Waals surface area (Å²) in [6.07, 6.45) is 6.02. The van der Waals surface area contributed by atoms with Crippen molar-refractivity contribution in [3.05, 3.63) is 85.1 Å². The van der Waals surface area contributed by atoms with Crippen molar-refractivity contribution in [3.8, 4) is 0 Å². The summed E-state index contributed by atoms with van der Waals surface area (Å²) in [6.45, 7) is 6.45. The van der Waals surface area contributed by atoms with Gasteiger partial charge in [-0.05, 0) is 26.2 Å². The Bertz CT molecular complexity index is 1790. The maximum atomic E-state index is 13.9. The van der Waals surface area contributed by atoms with Crippen LogP contribution in [0.5, 0.6) is 0 Å². The fraction of sp³-hybridized carbons (Fsp3) is 0.686. The Balaban J connectivity index is 1.57. The number of aliphatic hydroxyl groups excluding tert-OH is 9. The first-order chi connectivity index (χ1) is 33.8. The molecule has 0 spiro atoms. The molecule has 3 saturated heterocycles. The van der Waals surface area contributed by atoms with Crippen LogP contribution in [0.25, 0.3) is 0 Å². The molecular weight excluding hydrogens is 927 g/mol. The van der Waals surface area contributed by atoms with Crippen molar-refractivity contribution in [1.29, 1.82) is 0 Å². The van der Waals surface area contributed by atoms with Gasteiger partial charge in [-0.15, -0.1) is 0 Å². The number of cyclic esters (lactones) is 1. The van der Waals surface area contributed by atoms with E-state index in [0.717, 1.165) is 0 Å². The van der Waals surface area contributed by atoms with E-state index in [4.69, 9.17) is 29.4 Å². The standard InChI is InChI=1S/C51H81N3O17/c1-33-15-13-11-9-7-5-3-4-6-8-10-12-14-16-38(70-50-48(64)47(52)43(62)32-68-50)29-44-46(49(65)53-19-20-54-21-23-67-24-22-54)42(61)31-51(66,71-44)30-37(57)27-41(60)39(58)18-17-35(55)26-36(56)28-45(63)69-34(2)25-40(33)59/h3-16,33-44,46-48,50,55-62,64,66H,17-32,52H2,1-2H3,(H,53,65)/b4-3+,7-5+,8-6+,11-9+,12-10+,15-13+,16-14+/t33-,34-,35?,36?,37?,38?,39?,40-,41?,42-,43+,44-,46+,47-,48-,50-,51?/m0/s1.